The molecule has 1 aromatic rings. The van der Waals surface area contributed by atoms with E-state index in [1.807, 2.05) is 0 Å². The van der Waals surface area contributed by atoms with Crippen molar-refractivity contribution in [3.8, 4) is 0 Å². The van der Waals surface area contributed by atoms with Crippen molar-refractivity contribution >= 4 is 12.4 Å². The van der Waals surface area contributed by atoms with Crippen LogP contribution in [0.15, 0.2) is 18.2 Å². The number of rotatable bonds is 4. The van der Waals surface area contributed by atoms with E-state index in [2.05, 4.69) is 0 Å². The van der Waals surface area contributed by atoms with Gasteiger partial charge in [0.1, 0.15) is 0 Å². The zero-order chi connectivity index (χ0) is 10.6. The molecule has 1 aromatic carbocycles. The molecule has 0 unspecified atom stereocenters. The van der Waals surface area contributed by atoms with Gasteiger partial charge in [-0.05, 0) is 18.9 Å². The second kappa shape index (κ2) is 6.71. The lowest BCUT2D eigenvalue weighted by Gasteiger charge is -2.12. The molecule has 0 radical (unpaired) electrons. The fourth-order valence-corrected chi connectivity index (χ4v) is 1.27. The van der Waals surface area contributed by atoms with E-state index in [1.165, 1.54) is 12.1 Å². The summed E-state index contributed by atoms with van der Waals surface area (Å²) in [5.74, 6) is -1.78. The minimum Gasteiger partial charge on any atom is -0.396 e. The summed E-state index contributed by atoms with van der Waals surface area (Å²) in [6.07, 6.45) is 0.925. The Morgan fingerprint density at radius 1 is 1.33 bits per heavy atom. The van der Waals surface area contributed by atoms with Crippen LogP contribution >= 0.6 is 12.4 Å². The van der Waals surface area contributed by atoms with Crippen LogP contribution < -0.4 is 5.73 Å². The highest BCUT2D eigenvalue weighted by Gasteiger charge is 2.13. The highest BCUT2D eigenvalue weighted by Crippen LogP contribution is 2.20. The van der Waals surface area contributed by atoms with E-state index >= 15 is 0 Å². The molecule has 1 atom stereocenters. The number of nitrogens with two attached hydrogens (primary N) is 1. The van der Waals surface area contributed by atoms with E-state index in [9.17, 15) is 8.78 Å². The van der Waals surface area contributed by atoms with Crippen molar-refractivity contribution in [1.29, 1.82) is 0 Å². The summed E-state index contributed by atoms with van der Waals surface area (Å²) in [6.45, 7) is 0.00460. The topological polar surface area (TPSA) is 46.2 Å². The molecule has 0 aliphatic heterocycles. The summed E-state index contributed by atoms with van der Waals surface area (Å²) in [5.41, 5.74) is 5.80. The van der Waals surface area contributed by atoms with Crippen molar-refractivity contribution in [2.75, 3.05) is 6.61 Å². The maximum absolute atomic E-state index is 13.2. The minimum atomic E-state index is -0.891. The van der Waals surface area contributed by atoms with Crippen LogP contribution in [0.2, 0.25) is 0 Å². The van der Waals surface area contributed by atoms with Gasteiger partial charge in [0.25, 0.3) is 0 Å². The van der Waals surface area contributed by atoms with E-state index in [0.717, 1.165) is 6.07 Å². The van der Waals surface area contributed by atoms with Gasteiger partial charge in [-0.1, -0.05) is 12.1 Å². The van der Waals surface area contributed by atoms with Crippen LogP contribution in [-0.4, -0.2) is 11.7 Å². The molecule has 0 aliphatic carbocycles. The second-order valence-electron chi connectivity index (χ2n) is 3.12. The van der Waals surface area contributed by atoms with Crippen molar-refractivity contribution in [2.24, 2.45) is 5.73 Å². The number of hydrogen-bond acceptors (Lipinski definition) is 2. The molecule has 5 heteroatoms. The molecule has 15 heavy (non-hydrogen) atoms. The second-order valence-corrected chi connectivity index (χ2v) is 3.12. The minimum absolute atomic E-state index is 0. The Kier molecular flexibility index (Phi) is 6.40. The Morgan fingerprint density at radius 2 is 2.00 bits per heavy atom. The van der Waals surface area contributed by atoms with Crippen LogP contribution in [0, 0.1) is 11.6 Å². The quantitative estimate of drug-likeness (QED) is 0.843. The van der Waals surface area contributed by atoms with Crippen LogP contribution in [0.5, 0.6) is 0 Å². The average Bonchev–Trinajstić information content (AvgIpc) is 2.18. The SMILES string of the molecule is Cl.N[C@H](CCCO)c1cccc(F)c1F. The molecule has 0 aliphatic rings. The van der Waals surface area contributed by atoms with Gasteiger partial charge < -0.3 is 10.8 Å². The zero-order valence-electron chi connectivity index (χ0n) is 8.12. The monoisotopic (exact) mass is 237 g/mol. The van der Waals surface area contributed by atoms with Gasteiger partial charge in [-0.3, -0.25) is 0 Å². The molecule has 86 valence electrons. The van der Waals surface area contributed by atoms with E-state index in [0.29, 0.717) is 12.8 Å². The summed E-state index contributed by atoms with van der Waals surface area (Å²) in [7, 11) is 0. The summed E-state index contributed by atoms with van der Waals surface area (Å²) >= 11 is 0. The van der Waals surface area contributed by atoms with E-state index < -0.39 is 17.7 Å². The van der Waals surface area contributed by atoms with Crippen LogP contribution in [0.3, 0.4) is 0 Å². The zero-order valence-corrected chi connectivity index (χ0v) is 8.94. The maximum Gasteiger partial charge on any atom is 0.163 e. The summed E-state index contributed by atoms with van der Waals surface area (Å²) in [6, 6.07) is 3.38. The lowest BCUT2D eigenvalue weighted by molar-refractivity contribution is 0.279. The first-order valence-electron chi connectivity index (χ1n) is 4.47. The summed E-state index contributed by atoms with van der Waals surface area (Å²) in [4.78, 5) is 0. The van der Waals surface area contributed by atoms with Gasteiger partial charge >= 0.3 is 0 Å². The number of aliphatic hydroxyl groups is 1. The lowest BCUT2D eigenvalue weighted by Crippen LogP contribution is -2.13. The molecule has 0 bridgehead atoms. The number of hydrogen-bond donors (Lipinski definition) is 2. The third-order valence-corrected chi connectivity index (χ3v) is 2.05. The summed E-state index contributed by atoms with van der Waals surface area (Å²) in [5, 5.41) is 8.56. The Labute approximate surface area is 93.5 Å². The normalized spacial score (nSPS) is 12.0. The predicted octanol–water partition coefficient (Wildman–Crippen LogP) is 2.16. The maximum atomic E-state index is 13.2. The average molecular weight is 238 g/mol. The van der Waals surface area contributed by atoms with Crippen molar-refractivity contribution < 1.29 is 13.9 Å². The molecule has 0 saturated carbocycles. The van der Waals surface area contributed by atoms with Crippen molar-refractivity contribution in [1.82, 2.24) is 0 Å². The number of benzene rings is 1. The van der Waals surface area contributed by atoms with E-state index in [-0.39, 0.29) is 24.6 Å². The number of halogens is 3. The first-order valence-corrected chi connectivity index (χ1v) is 4.47. The third kappa shape index (κ3) is 3.74. The molecule has 2 nitrogen and oxygen atoms in total. The Hall–Kier alpha value is -0.710. The summed E-state index contributed by atoms with van der Waals surface area (Å²) < 4.78 is 25.9. The van der Waals surface area contributed by atoms with Crippen LogP contribution in [-0.2, 0) is 0 Å². The lowest BCUT2D eigenvalue weighted by atomic mass is 10.0. The smallest absolute Gasteiger partial charge is 0.163 e. The van der Waals surface area contributed by atoms with Crippen molar-refractivity contribution in [2.45, 2.75) is 18.9 Å². The Morgan fingerprint density at radius 3 is 2.60 bits per heavy atom. The van der Waals surface area contributed by atoms with Crippen molar-refractivity contribution in [3.63, 3.8) is 0 Å². The first kappa shape index (κ1) is 14.3. The van der Waals surface area contributed by atoms with Gasteiger partial charge in [0.05, 0.1) is 0 Å². The molecule has 0 saturated heterocycles. The highest BCUT2D eigenvalue weighted by atomic mass is 35.5. The molecular weight excluding hydrogens is 224 g/mol. The molecule has 1 rings (SSSR count). The van der Waals surface area contributed by atoms with Gasteiger partial charge in [-0.2, -0.15) is 0 Å². The largest absolute Gasteiger partial charge is 0.396 e. The molecule has 0 amide bonds. The van der Waals surface area contributed by atoms with Crippen LogP contribution in [0.25, 0.3) is 0 Å². The fourth-order valence-electron chi connectivity index (χ4n) is 1.27. The van der Waals surface area contributed by atoms with Crippen LogP contribution in [0.4, 0.5) is 8.78 Å². The fraction of sp³-hybridized carbons (Fsp3) is 0.400. The standard InChI is InChI=1S/C10H13F2NO.ClH/c11-8-4-1-3-7(10(8)12)9(13)5-2-6-14;/h1,3-4,9,14H,2,5-6,13H2;1H/t9-;/m1./s1. The van der Waals surface area contributed by atoms with Gasteiger partial charge in [0.2, 0.25) is 0 Å². The Balaban J connectivity index is 0.00000196. The number of aliphatic hydroxyl groups excluding tert-OH is 1. The molecule has 0 heterocycles. The Bertz CT molecular complexity index is 309. The molecule has 0 aromatic heterocycles. The molecule has 0 fully saturated rings. The first-order chi connectivity index (χ1) is 6.66. The van der Waals surface area contributed by atoms with Gasteiger partial charge in [0.15, 0.2) is 11.6 Å². The third-order valence-electron chi connectivity index (χ3n) is 2.05. The molecule has 0 spiro atoms. The van der Waals surface area contributed by atoms with Gasteiger partial charge in [-0.25, -0.2) is 8.78 Å². The predicted molar refractivity (Wildman–Crippen MR) is 56.9 cm³/mol. The van der Waals surface area contributed by atoms with Gasteiger partial charge in [0, 0.05) is 18.2 Å². The molecular formula is C10H14ClF2NO. The molecule has 3 N–H and O–H groups in total. The van der Waals surface area contributed by atoms with E-state index in [4.69, 9.17) is 10.8 Å². The van der Waals surface area contributed by atoms with E-state index in [1.54, 1.807) is 0 Å². The van der Waals surface area contributed by atoms with Crippen LogP contribution in [0.1, 0.15) is 24.4 Å². The highest BCUT2D eigenvalue weighted by molar-refractivity contribution is 5.85. The van der Waals surface area contributed by atoms with Crippen molar-refractivity contribution in [3.05, 3.63) is 35.4 Å². The van der Waals surface area contributed by atoms with Gasteiger partial charge in [-0.15, -0.1) is 12.4 Å².